The van der Waals surface area contributed by atoms with E-state index < -0.39 is 65.0 Å². The van der Waals surface area contributed by atoms with Gasteiger partial charge in [0.1, 0.15) is 0 Å². The minimum Gasteiger partial charge on any atom is -0.420 e. The number of carbonyl (C=O) groups is 1. The van der Waals surface area contributed by atoms with Crippen LogP contribution in [0.25, 0.3) is 0 Å². The molecule has 0 saturated heterocycles. The van der Waals surface area contributed by atoms with Crippen molar-refractivity contribution in [1.82, 2.24) is 0 Å². The van der Waals surface area contributed by atoms with Crippen molar-refractivity contribution in [3.05, 3.63) is 52.8 Å². The molecule has 0 fully saturated rings. The molecule has 2 aromatic rings. The standard InChI is InChI=1S/C15H5F7O4/c16-8-9(17)11(19)14(12(20)10(8)18)24-7(23)4-5-2-1-3-6-13(5)26-15(21,22)25-6/h1-3H,4H2. The van der Waals surface area contributed by atoms with Gasteiger partial charge in [0.05, 0.1) is 6.42 Å². The Labute approximate surface area is 139 Å². The van der Waals surface area contributed by atoms with E-state index in [1.54, 1.807) is 0 Å². The Morgan fingerprint density at radius 1 is 0.923 bits per heavy atom. The van der Waals surface area contributed by atoms with Crippen molar-refractivity contribution in [2.45, 2.75) is 12.7 Å². The van der Waals surface area contributed by atoms with Crippen LogP contribution in [-0.4, -0.2) is 12.3 Å². The van der Waals surface area contributed by atoms with Crippen molar-refractivity contribution in [3.63, 3.8) is 0 Å². The summed E-state index contributed by atoms with van der Waals surface area (Å²) in [6.45, 7) is 0. The second-order valence-electron chi connectivity index (χ2n) is 4.96. The van der Waals surface area contributed by atoms with Crippen molar-refractivity contribution in [2.75, 3.05) is 0 Å². The quantitative estimate of drug-likeness (QED) is 0.266. The van der Waals surface area contributed by atoms with Gasteiger partial charge >= 0.3 is 12.3 Å². The van der Waals surface area contributed by atoms with Gasteiger partial charge in [0, 0.05) is 5.56 Å². The monoisotopic (exact) mass is 382 g/mol. The van der Waals surface area contributed by atoms with Gasteiger partial charge in [-0.3, -0.25) is 4.79 Å². The molecule has 2 aromatic carbocycles. The minimum atomic E-state index is -3.98. The minimum absolute atomic E-state index is 0.214. The van der Waals surface area contributed by atoms with Gasteiger partial charge in [-0.15, -0.1) is 8.78 Å². The topological polar surface area (TPSA) is 44.8 Å². The Balaban J connectivity index is 1.86. The Bertz CT molecular complexity index is 884. The summed E-state index contributed by atoms with van der Waals surface area (Å²) in [5, 5.41) is 0. The summed E-state index contributed by atoms with van der Waals surface area (Å²) in [6.07, 6.45) is -4.86. The lowest BCUT2D eigenvalue weighted by Crippen LogP contribution is -2.26. The number of ether oxygens (including phenoxy) is 3. The van der Waals surface area contributed by atoms with Crippen LogP contribution in [0.1, 0.15) is 5.56 Å². The third-order valence-electron chi connectivity index (χ3n) is 3.23. The van der Waals surface area contributed by atoms with E-state index in [0.717, 1.165) is 12.1 Å². The fourth-order valence-corrected chi connectivity index (χ4v) is 2.14. The molecule has 0 aliphatic carbocycles. The van der Waals surface area contributed by atoms with Crippen molar-refractivity contribution in [2.24, 2.45) is 0 Å². The van der Waals surface area contributed by atoms with Gasteiger partial charge in [-0.2, -0.15) is 8.78 Å². The van der Waals surface area contributed by atoms with Gasteiger partial charge in [0.2, 0.25) is 34.8 Å². The molecule has 0 unspecified atom stereocenters. The van der Waals surface area contributed by atoms with Crippen molar-refractivity contribution >= 4 is 5.97 Å². The molecule has 26 heavy (non-hydrogen) atoms. The van der Waals surface area contributed by atoms with Gasteiger partial charge < -0.3 is 14.2 Å². The number of esters is 1. The predicted octanol–water partition coefficient (Wildman–Crippen LogP) is 3.85. The van der Waals surface area contributed by atoms with E-state index in [0.29, 0.717) is 0 Å². The highest BCUT2D eigenvalue weighted by atomic mass is 19.3. The first-order valence-electron chi connectivity index (χ1n) is 6.70. The van der Waals surface area contributed by atoms with Gasteiger partial charge in [-0.05, 0) is 6.07 Å². The Kier molecular flexibility index (Phi) is 4.17. The fourth-order valence-electron chi connectivity index (χ4n) is 2.14. The first-order chi connectivity index (χ1) is 12.1. The van der Waals surface area contributed by atoms with Crippen LogP contribution >= 0.6 is 0 Å². The summed E-state index contributed by atoms with van der Waals surface area (Å²) in [6, 6.07) is 3.46. The maximum Gasteiger partial charge on any atom is 0.586 e. The summed E-state index contributed by atoms with van der Waals surface area (Å²) in [5.41, 5.74) is -0.214. The van der Waals surface area contributed by atoms with Crippen LogP contribution < -0.4 is 14.2 Å². The van der Waals surface area contributed by atoms with Crippen LogP contribution in [-0.2, 0) is 11.2 Å². The second-order valence-corrected chi connectivity index (χ2v) is 4.96. The smallest absolute Gasteiger partial charge is 0.420 e. The van der Waals surface area contributed by atoms with Gasteiger partial charge in [-0.1, -0.05) is 12.1 Å². The van der Waals surface area contributed by atoms with Crippen LogP contribution in [0.2, 0.25) is 0 Å². The fraction of sp³-hybridized carbons (Fsp3) is 0.133. The van der Waals surface area contributed by atoms with E-state index in [-0.39, 0.29) is 5.56 Å². The molecule has 0 saturated carbocycles. The summed E-state index contributed by atoms with van der Waals surface area (Å²) in [5.74, 6) is -15.9. The molecule has 4 nitrogen and oxygen atoms in total. The van der Waals surface area contributed by atoms with Crippen LogP contribution in [0, 0.1) is 29.1 Å². The number of carbonyl (C=O) groups excluding carboxylic acids is 1. The second kappa shape index (κ2) is 6.07. The van der Waals surface area contributed by atoms with Crippen molar-refractivity contribution < 1.29 is 49.7 Å². The molecule has 0 aromatic heterocycles. The highest BCUT2D eigenvalue weighted by Crippen LogP contribution is 2.43. The zero-order chi connectivity index (χ0) is 19.2. The lowest BCUT2D eigenvalue weighted by molar-refractivity contribution is -0.287. The maximum atomic E-state index is 13.5. The molecule has 138 valence electrons. The lowest BCUT2D eigenvalue weighted by atomic mass is 10.1. The van der Waals surface area contributed by atoms with Crippen LogP contribution in [0.4, 0.5) is 30.7 Å². The zero-order valence-electron chi connectivity index (χ0n) is 12.2. The van der Waals surface area contributed by atoms with E-state index >= 15 is 0 Å². The van der Waals surface area contributed by atoms with Crippen molar-refractivity contribution in [3.8, 4) is 17.2 Å². The number of halogens is 7. The third-order valence-corrected chi connectivity index (χ3v) is 3.23. The molecule has 0 amide bonds. The molecule has 0 radical (unpaired) electrons. The van der Waals surface area contributed by atoms with E-state index in [4.69, 9.17) is 0 Å². The number of hydrogen-bond acceptors (Lipinski definition) is 4. The summed E-state index contributed by atoms with van der Waals surface area (Å²) < 4.78 is 105. The average Bonchev–Trinajstić information content (AvgIpc) is 2.90. The highest BCUT2D eigenvalue weighted by Gasteiger charge is 2.44. The normalized spacial score (nSPS) is 14.4. The molecule has 1 heterocycles. The summed E-state index contributed by atoms with van der Waals surface area (Å²) in [7, 11) is 0. The number of fused-ring (bicyclic) bond motifs is 1. The van der Waals surface area contributed by atoms with E-state index in [1.165, 1.54) is 6.07 Å². The highest BCUT2D eigenvalue weighted by molar-refractivity contribution is 5.76. The summed E-state index contributed by atoms with van der Waals surface area (Å²) >= 11 is 0. The number of benzene rings is 2. The molecule has 0 bridgehead atoms. The molecule has 0 N–H and O–H groups in total. The number of hydrogen-bond donors (Lipinski definition) is 0. The van der Waals surface area contributed by atoms with E-state index in [9.17, 15) is 35.5 Å². The molecule has 11 heteroatoms. The van der Waals surface area contributed by atoms with Crippen molar-refractivity contribution in [1.29, 1.82) is 0 Å². The first-order valence-corrected chi connectivity index (χ1v) is 6.70. The third kappa shape index (κ3) is 3.00. The molecule has 1 aliphatic heterocycles. The zero-order valence-corrected chi connectivity index (χ0v) is 12.2. The number of para-hydroxylation sites is 1. The van der Waals surface area contributed by atoms with Gasteiger partial charge in [0.25, 0.3) is 0 Å². The first kappa shape index (κ1) is 17.8. The van der Waals surface area contributed by atoms with Crippen LogP contribution in [0.3, 0.4) is 0 Å². The molecular formula is C15H5F7O4. The molecule has 0 atom stereocenters. The van der Waals surface area contributed by atoms with Crippen LogP contribution in [0.15, 0.2) is 18.2 Å². The number of rotatable bonds is 3. The van der Waals surface area contributed by atoms with Gasteiger partial charge in [0.15, 0.2) is 11.5 Å². The van der Waals surface area contributed by atoms with Crippen LogP contribution in [0.5, 0.6) is 17.2 Å². The van der Waals surface area contributed by atoms with Gasteiger partial charge in [-0.25, -0.2) is 13.2 Å². The average molecular weight is 382 g/mol. The SMILES string of the molecule is O=C(Cc1cccc2c1OC(F)(F)O2)Oc1c(F)c(F)c(F)c(F)c1F. The largest absolute Gasteiger partial charge is 0.586 e. The molecular weight excluding hydrogens is 377 g/mol. The molecule has 0 spiro atoms. The molecule has 1 aliphatic rings. The summed E-state index contributed by atoms with van der Waals surface area (Å²) in [4.78, 5) is 11.8. The Hall–Kier alpha value is -2.98. The predicted molar refractivity (Wildman–Crippen MR) is 68.2 cm³/mol. The lowest BCUT2D eigenvalue weighted by Gasteiger charge is -2.10. The number of alkyl halides is 2. The Morgan fingerprint density at radius 3 is 2.12 bits per heavy atom. The van der Waals surface area contributed by atoms with E-state index in [1.807, 2.05) is 0 Å². The van der Waals surface area contributed by atoms with E-state index in [2.05, 4.69) is 14.2 Å². The molecule has 3 rings (SSSR count). The Morgan fingerprint density at radius 2 is 1.50 bits per heavy atom. The maximum absolute atomic E-state index is 13.5.